The zero-order valence-electron chi connectivity index (χ0n) is 18.1. The standard InChI is InChI=1S/C21H25N3O5S2/c1-12-13(2)31-19-18(12)20(26)24(8-9-27-3)21(23-19)30-11-17(25)22-15-10-14(28-4)6-7-16(15)29-5/h6-7,10H,8-9,11H2,1-5H3,(H,22,25). The van der Waals surface area contributed by atoms with Gasteiger partial charge in [-0.1, -0.05) is 11.8 Å². The first kappa shape index (κ1) is 23.1. The van der Waals surface area contributed by atoms with Gasteiger partial charge in [-0.3, -0.25) is 14.2 Å². The van der Waals surface area contributed by atoms with Gasteiger partial charge >= 0.3 is 0 Å². The van der Waals surface area contributed by atoms with Crippen LogP contribution in [0.25, 0.3) is 10.2 Å². The molecule has 0 aliphatic rings. The van der Waals surface area contributed by atoms with Gasteiger partial charge < -0.3 is 19.5 Å². The predicted molar refractivity (Wildman–Crippen MR) is 124 cm³/mol. The van der Waals surface area contributed by atoms with Crippen LogP contribution in [0, 0.1) is 13.8 Å². The van der Waals surface area contributed by atoms with Gasteiger partial charge in [0.1, 0.15) is 16.3 Å². The third-order valence-electron chi connectivity index (χ3n) is 4.79. The van der Waals surface area contributed by atoms with Crippen molar-refractivity contribution >= 4 is 44.9 Å². The molecule has 0 unspecified atom stereocenters. The maximum absolute atomic E-state index is 13.1. The maximum atomic E-state index is 13.1. The van der Waals surface area contributed by atoms with E-state index in [0.717, 1.165) is 10.4 Å². The highest BCUT2D eigenvalue weighted by atomic mass is 32.2. The molecule has 1 aromatic carbocycles. The Morgan fingerprint density at radius 1 is 1.23 bits per heavy atom. The summed E-state index contributed by atoms with van der Waals surface area (Å²) in [6.45, 7) is 4.64. The van der Waals surface area contributed by atoms with Gasteiger partial charge in [0, 0.05) is 18.1 Å². The highest BCUT2D eigenvalue weighted by Gasteiger charge is 2.18. The van der Waals surface area contributed by atoms with Crippen LogP contribution in [0.4, 0.5) is 5.69 Å². The molecule has 2 aromatic heterocycles. The molecule has 0 bridgehead atoms. The number of benzene rings is 1. The Balaban J connectivity index is 1.84. The van der Waals surface area contributed by atoms with E-state index >= 15 is 0 Å². The third kappa shape index (κ3) is 5.03. The van der Waals surface area contributed by atoms with Crippen molar-refractivity contribution in [3.63, 3.8) is 0 Å². The fraction of sp³-hybridized carbons (Fsp3) is 0.381. The molecule has 2 heterocycles. The molecule has 0 aliphatic carbocycles. The Kier molecular flexibility index (Phi) is 7.58. The molecule has 1 N–H and O–H groups in total. The number of carbonyl (C=O) groups excluding carboxylic acids is 1. The van der Waals surface area contributed by atoms with Gasteiger partial charge in [-0.25, -0.2) is 4.98 Å². The molecule has 8 nitrogen and oxygen atoms in total. The number of aryl methyl sites for hydroxylation is 2. The molecule has 0 aliphatic heterocycles. The zero-order chi connectivity index (χ0) is 22.5. The lowest BCUT2D eigenvalue weighted by Crippen LogP contribution is -2.26. The van der Waals surface area contributed by atoms with Crippen molar-refractivity contribution in [2.45, 2.75) is 25.5 Å². The van der Waals surface area contributed by atoms with Crippen LogP contribution < -0.4 is 20.3 Å². The maximum Gasteiger partial charge on any atom is 0.263 e. The summed E-state index contributed by atoms with van der Waals surface area (Å²) in [5.41, 5.74) is 1.35. The van der Waals surface area contributed by atoms with Gasteiger partial charge in [-0.2, -0.15) is 0 Å². The number of hydrogen-bond acceptors (Lipinski definition) is 8. The van der Waals surface area contributed by atoms with Gasteiger partial charge in [0.05, 0.1) is 44.2 Å². The minimum atomic E-state index is -0.247. The predicted octanol–water partition coefficient (Wildman–Crippen LogP) is 3.47. The second kappa shape index (κ2) is 10.2. The van der Waals surface area contributed by atoms with Crippen LogP contribution in [0.3, 0.4) is 0 Å². The highest BCUT2D eigenvalue weighted by molar-refractivity contribution is 7.99. The van der Waals surface area contributed by atoms with E-state index in [-0.39, 0.29) is 17.2 Å². The normalized spacial score (nSPS) is 11.0. The fourth-order valence-corrected chi connectivity index (χ4v) is 4.92. The number of nitrogens with zero attached hydrogens (tertiary/aromatic N) is 2. The number of thioether (sulfide) groups is 1. The molecule has 3 aromatic rings. The topological polar surface area (TPSA) is 91.7 Å². The Labute approximate surface area is 188 Å². The van der Waals surface area contributed by atoms with Gasteiger partial charge in [-0.05, 0) is 31.5 Å². The van der Waals surface area contributed by atoms with Crippen LogP contribution >= 0.6 is 23.1 Å². The minimum Gasteiger partial charge on any atom is -0.497 e. The van der Waals surface area contributed by atoms with E-state index in [4.69, 9.17) is 14.2 Å². The Hall–Kier alpha value is -2.56. The Morgan fingerprint density at radius 2 is 2.00 bits per heavy atom. The fourth-order valence-electron chi connectivity index (χ4n) is 3.03. The van der Waals surface area contributed by atoms with Crippen LogP contribution in [-0.2, 0) is 16.1 Å². The largest absolute Gasteiger partial charge is 0.497 e. The van der Waals surface area contributed by atoms with E-state index in [1.54, 1.807) is 37.0 Å². The molecule has 0 atom stereocenters. The van der Waals surface area contributed by atoms with E-state index < -0.39 is 0 Å². The quantitative estimate of drug-likeness (QED) is 0.384. The van der Waals surface area contributed by atoms with Crippen molar-refractivity contribution in [3.05, 3.63) is 39.0 Å². The number of amides is 1. The Morgan fingerprint density at radius 3 is 2.68 bits per heavy atom. The first-order valence-electron chi connectivity index (χ1n) is 9.53. The van der Waals surface area contributed by atoms with Crippen molar-refractivity contribution in [1.29, 1.82) is 0 Å². The van der Waals surface area contributed by atoms with E-state index in [9.17, 15) is 9.59 Å². The lowest BCUT2D eigenvalue weighted by atomic mass is 10.2. The number of thiophene rings is 1. The lowest BCUT2D eigenvalue weighted by molar-refractivity contribution is -0.113. The zero-order valence-corrected chi connectivity index (χ0v) is 19.7. The van der Waals surface area contributed by atoms with Gasteiger partial charge in [0.15, 0.2) is 5.16 Å². The van der Waals surface area contributed by atoms with Crippen LogP contribution in [0.1, 0.15) is 10.4 Å². The van der Waals surface area contributed by atoms with Crippen molar-refractivity contribution in [2.24, 2.45) is 0 Å². The molecule has 0 saturated heterocycles. The average Bonchev–Trinajstić information content (AvgIpc) is 3.05. The van der Waals surface area contributed by atoms with Crippen LogP contribution in [0.15, 0.2) is 28.2 Å². The molecule has 0 fully saturated rings. The van der Waals surface area contributed by atoms with Crippen molar-refractivity contribution in [2.75, 3.05) is 39.0 Å². The number of rotatable bonds is 9. The third-order valence-corrected chi connectivity index (χ3v) is 6.86. The number of ether oxygens (including phenoxy) is 3. The van der Waals surface area contributed by atoms with E-state index in [0.29, 0.717) is 45.7 Å². The molecule has 0 radical (unpaired) electrons. The lowest BCUT2D eigenvalue weighted by Gasteiger charge is -2.13. The number of anilines is 1. The van der Waals surface area contributed by atoms with E-state index in [1.807, 2.05) is 13.8 Å². The summed E-state index contributed by atoms with van der Waals surface area (Å²) in [5.74, 6) is 0.963. The SMILES string of the molecule is COCCn1c(SCC(=O)Nc2cc(OC)ccc2OC)nc2sc(C)c(C)c2c1=O. The number of aromatic nitrogens is 2. The van der Waals surface area contributed by atoms with Gasteiger partial charge in [0.2, 0.25) is 5.91 Å². The first-order valence-corrected chi connectivity index (χ1v) is 11.3. The summed E-state index contributed by atoms with van der Waals surface area (Å²) in [7, 11) is 4.67. The summed E-state index contributed by atoms with van der Waals surface area (Å²) in [5, 5.41) is 3.95. The molecule has 10 heteroatoms. The molecule has 3 rings (SSSR count). The molecule has 0 saturated carbocycles. The molecule has 31 heavy (non-hydrogen) atoms. The first-order chi connectivity index (χ1) is 14.9. The van der Waals surface area contributed by atoms with Crippen molar-refractivity contribution < 1.29 is 19.0 Å². The number of methoxy groups -OCH3 is 3. The highest BCUT2D eigenvalue weighted by Crippen LogP contribution is 2.30. The second-order valence-electron chi connectivity index (χ2n) is 6.71. The molecular formula is C21H25N3O5S2. The van der Waals surface area contributed by atoms with E-state index in [2.05, 4.69) is 10.3 Å². The van der Waals surface area contributed by atoms with Crippen LogP contribution in [-0.4, -0.2) is 49.1 Å². The van der Waals surface area contributed by atoms with Gasteiger partial charge in [-0.15, -0.1) is 11.3 Å². The summed E-state index contributed by atoms with van der Waals surface area (Å²) in [4.78, 5) is 32.1. The van der Waals surface area contributed by atoms with Crippen molar-refractivity contribution in [1.82, 2.24) is 9.55 Å². The molecular weight excluding hydrogens is 438 g/mol. The van der Waals surface area contributed by atoms with Crippen LogP contribution in [0.5, 0.6) is 11.5 Å². The van der Waals surface area contributed by atoms with Gasteiger partial charge in [0.25, 0.3) is 5.56 Å². The average molecular weight is 464 g/mol. The van der Waals surface area contributed by atoms with Crippen LogP contribution in [0.2, 0.25) is 0 Å². The number of carbonyl (C=O) groups is 1. The number of nitrogens with one attached hydrogen (secondary N) is 1. The molecule has 1 amide bonds. The summed E-state index contributed by atoms with van der Waals surface area (Å²) in [6.07, 6.45) is 0. The smallest absolute Gasteiger partial charge is 0.263 e. The molecule has 166 valence electrons. The minimum absolute atomic E-state index is 0.0780. The second-order valence-corrected chi connectivity index (χ2v) is 8.86. The monoisotopic (exact) mass is 463 g/mol. The molecule has 0 spiro atoms. The number of fused-ring (bicyclic) bond motifs is 1. The summed E-state index contributed by atoms with van der Waals surface area (Å²) in [6, 6.07) is 5.17. The summed E-state index contributed by atoms with van der Waals surface area (Å²) < 4.78 is 17.2. The Bertz CT molecular complexity index is 1160. The summed E-state index contributed by atoms with van der Waals surface area (Å²) >= 11 is 2.70. The van der Waals surface area contributed by atoms with E-state index in [1.165, 1.54) is 30.2 Å². The van der Waals surface area contributed by atoms with Crippen molar-refractivity contribution in [3.8, 4) is 11.5 Å². The number of hydrogen-bond donors (Lipinski definition) is 1.